The van der Waals surface area contributed by atoms with Crippen LogP contribution in [0.4, 0.5) is 5.82 Å². The molecule has 0 spiro atoms. The number of para-hydroxylation sites is 1. The second kappa shape index (κ2) is 7.38. The number of ether oxygens (including phenoxy) is 1. The number of amides is 1. The number of benzene rings is 1. The number of aromatic nitrogens is 3. The zero-order chi connectivity index (χ0) is 19.0. The number of hydrogen-bond donors (Lipinski definition) is 1. The molecular weight excluding hydrogens is 362 g/mol. The third kappa shape index (κ3) is 4.02. The highest BCUT2D eigenvalue weighted by Gasteiger charge is 2.24. The molecule has 142 valence electrons. The number of carbonyl (C=O) groups excluding carboxylic acids is 1. The Kier molecular flexibility index (Phi) is 4.94. The molecule has 0 bridgehead atoms. The molecule has 8 heteroatoms. The number of fused-ring (bicyclic) bond motifs is 1. The first-order chi connectivity index (χ1) is 13.0. The lowest BCUT2D eigenvalue weighted by molar-refractivity contribution is -0.121. The first kappa shape index (κ1) is 18.1. The molecule has 1 fully saturated rings. The van der Waals surface area contributed by atoms with Gasteiger partial charge in [0.25, 0.3) is 0 Å². The van der Waals surface area contributed by atoms with Gasteiger partial charge in [0, 0.05) is 19.2 Å². The number of thiazole rings is 1. The Bertz CT molecular complexity index is 923. The van der Waals surface area contributed by atoms with E-state index in [9.17, 15) is 4.79 Å². The maximum atomic E-state index is 12.6. The molecule has 27 heavy (non-hydrogen) atoms. The van der Waals surface area contributed by atoms with E-state index in [0.717, 1.165) is 34.1 Å². The lowest BCUT2D eigenvalue weighted by atomic mass is 10.2. The Labute approximate surface area is 162 Å². The summed E-state index contributed by atoms with van der Waals surface area (Å²) in [5.41, 5.74) is 1.76. The molecule has 2 atom stereocenters. The summed E-state index contributed by atoms with van der Waals surface area (Å²) in [6, 6.07) is 9.84. The van der Waals surface area contributed by atoms with Crippen molar-refractivity contribution in [1.82, 2.24) is 19.7 Å². The van der Waals surface area contributed by atoms with Crippen LogP contribution in [-0.4, -0.2) is 57.4 Å². The fraction of sp³-hybridized carbons (Fsp3) is 0.421. The van der Waals surface area contributed by atoms with Gasteiger partial charge in [-0.3, -0.25) is 9.69 Å². The normalized spacial score (nSPS) is 20.9. The van der Waals surface area contributed by atoms with Crippen LogP contribution >= 0.6 is 11.3 Å². The van der Waals surface area contributed by atoms with E-state index in [1.54, 1.807) is 16.0 Å². The van der Waals surface area contributed by atoms with Crippen molar-refractivity contribution in [3.63, 3.8) is 0 Å². The van der Waals surface area contributed by atoms with Gasteiger partial charge in [-0.25, -0.2) is 4.98 Å². The minimum absolute atomic E-state index is 0.0569. The van der Waals surface area contributed by atoms with Crippen LogP contribution < -0.4 is 5.32 Å². The summed E-state index contributed by atoms with van der Waals surface area (Å²) >= 11 is 1.55. The standard InChI is InChI=1S/C19H23N5O2S/c1-12-8-17(21-18(25)11-23-9-13(2)26-14(3)10-23)24(22-12)19-20-15-6-4-5-7-16(15)27-19/h4-8,13-14H,9-11H2,1-3H3,(H,21,25)/t13-,14+. The van der Waals surface area contributed by atoms with Gasteiger partial charge in [0.1, 0.15) is 5.82 Å². The van der Waals surface area contributed by atoms with Crippen LogP contribution in [0.2, 0.25) is 0 Å². The molecule has 3 heterocycles. The largest absolute Gasteiger partial charge is 0.373 e. The molecular formula is C19H23N5O2S. The second-order valence-corrected chi connectivity index (χ2v) is 8.06. The molecule has 0 saturated carbocycles. The molecule has 2 aromatic heterocycles. The van der Waals surface area contributed by atoms with Crippen molar-refractivity contribution in [2.24, 2.45) is 0 Å². The zero-order valence-electron chi connectivity index (χ0n) is 15.7. The first-order valence-corrected chi connectivity index (χ1v) is 9.90. The fourth-order valence-electron chi connectivity index (χ4n) is 3.48. The van der Waals surface area contributed by atoms with Crippen molar-refractivity contribution in [2.45, 2.75) is 33.0 Å². The van der Waals surface area contributed by atoms with E-state index in [1.165, 1.54) is 0 Å². The van der Waals surface area contributed by atoms with Crippen LogP contribution in [0.5, 0.6) is 0 Å². The number of carbonyl (C=O) groups is 1. The van der Waals surface area contributed by atoms with Crippen LogP contribution in [-0.2, 0) is 9.53 Å². The summed E-state index contributed by atoms with van der Waals surface area (Å²) in [5.74, 6) is 0.587. The van der Waals surface area contributed by atoms with E-state index in [0.29, 0.717) is 12.4 Å². The van der Waals surface area contributed by atoms with Crippen molar-refractivity contribution in [2.75, 3.05) is 25.0 Å². The maximum Gasteiger partial charge on any atom is 0.239 e. The van der Waals surface area contributed by atoms with Gasteiger partial charge < -0.3 is 10.1 Å². The zero-order valence-corrected chi connectivity index (χ0v) is 16.5. The van der Waals surface area contributed by atoms with Gasteiger partial charge in [-0.05, 0) is 32.9 Å². The Morgan fingerprint density at radius 3 is 2.78 bits per heavy atom. The number of aryl methyl sites for hydroxylation is 1. The smallest absolute Gasteiger partial charge is 0.239 e. The summed E-state index contributed by atoms with van der Waals surface area (Å²) in [4.78, 5) is 19.4. The molecule has 0 radical (unpaired) electrons. The predicted molar refractivity (Wildman–Crippen MR) is 107 cm³/mol. The lowest BCUT2D eigenvalue weighted by Crippen LogP contribution is -2.48. The summed E-state index contributed by atoms with van der Waals surface area (Å²) in [6.07, 6.45) is 0.272. The molecule has 0 unspecified atom stereocenters. The highest BCUT2D eigenvalue weighted by atomic mass is 32.1. The lowest BCUT2D eigenvalue weighted by Gasteiger charge is -2.34. The third-order valence-corrected chi connectivity index (χ3v) is 5.44. The molecule has 1 saturated heterocycles. The van der Waals surface area contributed by atoms with Crippen LogP contribution in [0.25, 0.3) is 15.3 Å². The minimum Gasteiger partial charge on any atom is -0.373 e. The van der Waals surface area contributed by atoms with Crippen molar-refractivity contribution in [3.8, 4) is 5.13 Å². The van der Waals surface area contributed by atoms with Gasteiger partial charge in [-0.1, -0.05) is 23.5 Å². The van der Waals surface area contributed by atoms with Gasteiger partial charge >= 0.3 is 0 Å². The SMILES string of the molecule is Cc1cc(NC(=O)CN2C[C@@H](C)O[C@@H](C)C2)n(-c2nc3ccccc3s2)n1. The highest BCUT2D eigenvalue weighted by Crippen LogP contribution is 2.27. The van der Waals surface area contributed by atoms with Crippen molar-refractivity contribution in [1.29, 1.82) is 0 Å². The van der Waals surface area contributed by atoms with Crippen LogP contribution in [0.3, 0.4) is 0 Å². The highest BCUT2D eigenvalue weighted by molar-refractivity contribution is 7.20. The van der Waals surface area contributed by atoms with Crippen LogP contribution in [0.1, 0.15) is 19.5 Å². The Morgan fingerprint density at radius 2 is 2.04 bits per heavy atom. The van der Waals surface area contributed by atoms with Crippen LogP contribution in [0, 0.1) is 6.92 Å². The predicted octanol–water partition coefficient (Wildman–Crippen LogP) is 2.84. The fourth-order valence-corrected chi connectivity index (χ4v) is 4.42. The number of hydrogen-bond acceptors (Lipinski definition) is 6. The summed E-state index contributed by atoms with van der Waals surface area (Å²) < 4.78 is 8.53. The quantitative estimate of drug-likeness (QED) is 0.748. The minimum atomic E-state index is -0.0569. The summed E-state index contributed by atoms with van der Waals surface area (Å²) in [6.45, 7) is 7.83. The van der Waals surface area contributed by atoms with Gasteiger partial charge in [-0.15, -0.1) is 0 Å². The van der Waals surface area contributed by atoms with E-state index in [1.807, 2.05) is 51.1 Å². The van der Waals surface area contributed by atoms with Gasteiger partial charge in [0.2, 0.25) is 11.0 Å². The summed E-state index contributed by atoms with van der Waals surface area (Å²) in [7, 11) is 0. The number of nitrogens with zero attached hydrogens (tertiary/aromatic N) is 4. The molecule has 1 aromatic carbocycles. The molecule has 0 aliphatic carbocycles. The van der Waals surface area contributed by atoms with Gasteiger partial charge in [0.05, 0.1) is 34.7 Å². The van der Waals surface area contributed by atoms with Crippen molar-refractivity contribution >= 4 is 33.3 Å². The Hall–Kier alpha value is -2.29. The monoisotopic (exact) mass is 385 g/mol. The molecule has 1 amide bonds. The Balaban J connectivity index is 1.52. The molecule has 1 aliphatic heterocycles. The number of rotatable bonds is 4. The Morgan fingerprint density at radius 1 is 1.30 bits per heavy atom. The number of anilines is 1. The molecule has 3 aromatic rings. The third-order valence-electron chi connectivity index (χ3n) is 4.43. The molecule has 1 aliphatic rings. The van der Waals surface area contributed by atoms with E-state index in [4.69, 9.17) is 4.74 Å². The molecule has 7 nitrogen and oxygen atoms in total. The number of nitrogens with one attached hydrogen (secondary N) is 1. The topological polar surface area (TPSA) is 72.3 Å². The average Bonchev–Trinajstić information content (AvgIpc) is 3.16. The van der Waals surface area contributed by atoms with Gasteiger partial charge in [0.15, 0.2) is 0 Å². The van der Waals surface area contributed by atoms with Gasteiger partial charge in [-0.2, -0.15) is 9.78 Å². The number of morpholine rings is 1. The summed E-state index contributed by atoms with van der Waals surface area (Å²) in [5, 5.41) is 8.26. The van der Waals surface area contributed by atoms with Crippen molar-refractivity contribution in [3.05, 3.63) is 36.0 Å². The first-order valence-electron chi connectivity index (χ1n) is 9.08. The maximum absolute atomic E-state index is 12.6. The van der Waals surface area contributed by atoms with Crippen LogP contribution in [0.15, 0.2) is 30.3 Å². The van der Waals surface area contributed by atoms with E-state index in [2.05, 4.69) is 20.3 Å². The molecule has 1 N–H and O–H groups in total. The van der Waals surface area contributed by atoms with E-state index < -0.39 is 0 Å². The average molecular weight is 385 g/mol. The second-order valence-electron chi connectivity index (χ2n) is 7.05. The van der Waals surface area contributed by atoms with Crippen molar-refractivity contribution < 1.29 is 9.53 Å². The molecule has 4 rings (SSSR count). The van der Waals surface area contributed by atoms with E-state index >= 15 is 0 Å². The van der Waals surface area contributed by atoms with E-state index in [-0.39, 0.29) is 18.1 Å².